The maximum absolute atomic E-state index is 12.4. The van der Waals surface area contributed by atoms with Gasteiger partial charge in [-0.25, -0.2) is 0 Å². The summed E-state index contributed by atoms with van der Waals surface area (Å²) in [5, 5.41) is 3.36. The molecule has 132 valence electrons. The van der Waals surface area contributed by atoms with Gasteiger partial charge in [-0.3, -0.25) is 4.79 Å². The van der Waals surface area contributed by atoms with Gasteiger partial charge in [0.1, 0.15) is 5.75 Å². The lowest BCUT2D eigenvalue weighted by molar-refractivity contribution is -0.120. The summed E-state index contributed by atoms with van der Waals surface area (Å²) in [6.45, 7) is 0.675. The van der Waals surface area contributed by atoms with Gasteiger partial charge in [-0.1, -0.05) is 60.7 Å². The Hall–Kier alpha value is -3.27. The Morgan fingerprint density at radius 3 is 2.23 bits per heavy atom. The average Bonchev–Trinajstić information content (AvgIpc) is 2.72. The van der Waals surface area contributed by atoms with Crippen LogP contribution in [0.5, 0.6) is 5.75 Å². The maximum Gasteiger partial charge on any atom is 0.264 e. The van der Waals surface area contributed by atoms with Crippen LogP contribution in [0, 0.1) is 0 Å². The summed E-state index contributed by atoms with van der Waals surface area (Å²) in [5.41, 5.74) is 2.89. The third-order valence-corrected chi connectivity index (χ3v) is 4.08. The largest absolute Gasteiger partial charge is 0.482 e. The predicted octanol–water partition coefficient (Wildman–Crippen LogP) is 4.34. The first-order chi connectivity index (χ1) is 12.7. The van der Waals surface area contributed by atoms with Crippen LogP contribution in [0.2, 0.25) is 0 Å². The van der Waals surface area contributed by atoms with Crippen molar-refractivity contribution in [1.82, 2.24) is 0 Å². The summed E-state index contributed by atoms with van der Waals surface area (Å²) in [6.07, 6.45) is 0. The van der Waals surface area contributed by atoms with Gasteiger partial charge < -0.3 is 15.0 Å². The summed E-state index contributed by atoms with van der Waals surface area (Å²) in [4.78, 5) is 14.0. The highest BCUT2D eigenvalue weighted by molar-refractivity contribution is 5.93. The number of ether oxygens (including phenoxy) is 1. The van der Waals surface area contributed by atoms with Crippen molar-refractivity contribution in [3.8, 4) is 5.75 Å². The van der Waals surface area contributed by atoms with Crippen molar-refractivity contribution in [3.63, 3.8) is 0 Å². The molecular formula is C22H22N2O2. The van der Waals surface area contributed by atoms with Gasteiger partial charge in [-0.2, -0.15) is 0 Å². The van der Waals surface area contributed by atoms with Crippen molar-refractivity contribution in [2.45, 2.75) is 6.54 Å². The number of likely N-dealkylation sites (N-methyl/N-ethyl adjacent to an activating group) is 1. The number of hydrogen-bond acceptors (Lipinski definition) is 3. The Balaban J connectivity index is 1.60. The molecule has 1 amide bonds. The molecule has 0 radical (unpaired) electrons. The highest BCUT2D eigenvalue weighted by atomic mass is 16.5. The minimum Gasteiger partial charge on any atom is -0.482 e. The first-order valence-electron chi connectivity index (χ1n) is 8.55. The van der Waals surface area contributed by atoms with E-state index in [0.29, 0.717) is 12.3 Å². The predicted molar refractivity (Wildman–Crippen MR) is 106 cm³/mol. The van der Waals surface area contributed by atoms with Crippen LogP contribution in [0.1, 0.15) is 5.56 Å². The second-order valence-electron chi connectivity index (χ2n) is 5.91. The number of hydrogen-bond donors (Lipinski definition) is 1. The van der Waals surface area contributed by atoms with Crippen molar-refractivity contribution < 1.29 is 9.53 Å². The molecule has 0 aliphatic carbocycles. The summed E-state index contributed by atoms with van der Waals surface area (Å²) in [7, 11) is 1.75. The monoisotopic (exact) mass is 346 g/mol. The topological polar surface area (TPSA) is 41.6 Å². The molecule has 0 aliphatic rings. The van der Waals surface area contributed by atoms with Crippen LogP contribution in [0.25, 0.3) is 0 Å². The minimum atomic E-state index is -0.103. The second kappa shape index (κ2) is 8.72. The van der Waals surface area contributed by atoms with E-state index in [9.17, 15) is 4.79 Å². The molecule has 0 aliphatic heterocycles. The summed E-state index contributed by atoms with van der Waals surface area (Å²) in [6, 6.07) is 27.3. The van der Waals surface area contributed by atoms with Crippen molar-refractivity contribution in [2.75, 3.05) is 23.9 Å². The fourth-order valence-corrected chi connectivity index (χ4v) is 2.56. The molecule has 0 fully saturated rings. The zero-order chi connectivity index (χ0) is 18.2. The molecule has 26 heavy (non-hydrogen) atoms. The van der Waals surface area contributed by atoms with Crippen LogP contribution in [0.4, 0.5) is 11.4 Å². The van der Waals surface area contributed by atoms with Crippen LogP contribution < -0.4 is 15.0 Å². The molecule has 0 aromatic heterocycles. The fourth-order valence-electron chi connectivity index (χ4n) is 2.56. The van der Waals surface area contributed by atoms with Crippen molar-refractivity contribution in [2.24, 2.45) is 0 Å². The Morgan fingerprint density at radius 2 is 1.50 bits per heavy atom. The molecule has 0 atom stereocenters. The Labute approximate surface area is 154 Å². The zero-order valence-corrected chi connectivity index (χ0v) is 14.8. The molecule has 1 N–H and O–H groups in total. The smallest absolute Gasteiger partial charge is 0.264 e. The van der Waals surface area contributed by atoms with Gasteiger partial charge in [0, 0.05) is 19.3 Å². The number of amides is 1. The lowest BCUT2D eigenvalue weighted by Gasteiger charge is -2.18. The van der Waals surface area contributed by atoms with Gasteiger partial charge in [0.05, 0.1) is 5.69 Å². The SMILES string of the molecule is CN(C(=O)COc1ccccc1NCc1ccccc1)c1ccccc1. The number of carbonyl (C=O) groups excluding carboxylic acids is 1. The van der Waals surface area contributed by atoms with Crippen molar-refractivity contribution >= 4 is 17.3 Å². The van der Waals surface area contributed by atoms with E-state index in [1.54, 1.807) is 11.9 Å². The van der Waals surface area contributed by atoms with Gasteiger partial charge >= 0.3 is 0 Å². The van der Waals surface area contributed by atoms with E-state index in [1.807, 2.05) is 72.8 Å². The molecule has 4 nitrogen and oxygen atoms in total. The summed E-state index contributed by atoms with van der Waals surface area (Å²) in [5.74, 6) is 0.562. The van der Waals surface area contributed by atoms with Gasteiger partial charge in [0.25, 0.3) is 5.91 Å². The van der Waals surface area contributed by atoms with Crippen LogP contribution in [-0.2, 0) is 11.3 Å². The van der Waals surface area contributed by atoms with Gasteiger partial charge in [0.15, 0.2) is 6.61 Å². The molecule has 0 saturated carbocycles. The standard InChI is InChI=1S/C22H22N2O2/c1-24(19-12-6-3-7-13-19)22(25)17-26-21-15-9-8-14-20(21)23-16-18-10-4-2-5-11-18/h2-15,23H,16-17H2,1H3. The normalized spacial score (nSPS) is 10.2. The summed E-state index contributed by atoms with van der Waals surface area (Å²) < 4.78 is 5.78. The molecule has 0 saturated heterocycles. The number of nitrogens with one attached hydrogen (secondary N) is 1. The van der Waals surface area contributed by atoms with E-state index >= 15 is 0 Å². The minimum absolute atomic E-state index is 0.0184. The molecule has 3 rings (SSSR count). The highest BCUT2D eigenvalue weighted by Crippen LogP contribution is 2.24. The third kappa shape index (κ3) is 4.63. The highest BCUT2D eigenvalue weighted by Gasteiger charge is 2.12. The van der Waals surface area contributed by atoms with Crippen LogP contribution in [0.15, 0.2) is 84.9 Å². The number of rotatable bonds is 7. The van der Waals surface area contributed by atoms with Crippen molar-refractivity contribution in [1.29, 1.82) is 0 Å². The first kappa shape index (κ1) is 17.5. The lowest BCUT2D eigenvalue weighted by Crippen LogP contribution is -2.31. The number of nitrogens with zero attached hydrogens (tertiary/aromatic N) is 1. The molecule has 0 spiro atoms. The zero-order valence-electron chi connectivity index (χ0n) is 14.8. The third-order valence-electron chi connectivity index (χ3n) is 4.08. The Kier molecular flexibility index (Phi) is 5.88. The van der Waals surface area contributed by atoms with E-state index in [1.165, 1.54) is 5.56 Å². The molecule has 0 bridgehead atoms. The van der Waals surface area contributed by atoms with Crippen LogP contribution in [-0.4, -0.2) is 19.6 Å². The van der Waals surface area contributed by atoms with E-state index < -0.39 is 0 Å². The van der Waals surface area contributed by atoms with E-state index in [4.69, 9.17) is 4.74 Å². The number of anilines is 2. The van der Waals surface area contributed by atoms with E-state index in [-0.39, 0.29) is 12.5 Å². The average molecular weight is 346 g/mol. The Morgan fingerprint density at radius 1 is 0.885 bits per heavy atom. The van der Waals surface area contributed by atoms with Crippen LogP contribution >= 0.6 is 0 Å². The van der Waals surface area contributed by atoms with E-state index in [0.717, 1.165) is 11.4 Å². The molecule has 0 heterocycles. The fraction of sp³-hybridized carbons (Fsp3) is 0.136. The van der Waals surface area contributed by atoms with Crippen LogP contribution in [0.3, 0.4) is 0 Å². The Bertz CT molecular complexity index is 835. The molecule has 3 aromatic rings. The van der Waals surface area contributed by atoms with Gasteiger partial charge in [-0.05, 0) is 29.8 Å². The quantitative estimate of drug-likeness (QED) is 0.692. The number of para-hydroxylation sites is 3. The summed E-state index contributed by atoms with van der Waals surface area (Å²) >= 11 is 0. The lowest BCUT2D eigenvalue weighted by atomic mass is 10.2. The second-order valence-corrected chi connectivity index (χ2v) is 5.91. The van der Waals surface area contributed by atoms with Crippen molar-refractivity contribution in [3.05, 3.63) is 90.5 Å². The van der Waals surface area contributed by atoms with E-state index in [2.05, 4.69) is 17.4 Å². The number of carbonyl (C=O) groups is 1. The maximum atomic E-state index is 12.4. The molecule has 3 aromatic carbocycles. The molecular weight excluding hydrogens is 324 g/mol. The van der Waals surface area contributed by atoms with Gasteiger partial charge in [-0.15, -0.1) is 0 Å². The van der Waals surface area contributed by atoms with Gasteiger partial charge in [0.2, 0.25) is 0 Å². The first-order valence-corrected chi connectivity index (χ1v) is 8.55. The number of benzene rings is 3. The molecule has 4 heteroatoms. The molecule has 0 unspecified atom stereocenters.